The molecule has 1 aromatic carbocycles. The van der Waals surface area contributed by atoms with Gasteiger partial charge in [-0.3, -0.25) is 9.97 Å². The molecule has 2 aromatic heterocycles. The summed E-state index contributed by atoms with van der Waals surface area (Å²) in [7, 11) is 0. The lowest BCUT2D eigenvalue weighted by Crippen LogP contribution is -2.46. The van der Waals surface area contributed by atoms with Crippen molar-refractivity contribution in [1.82, 2.24) is 15.0 Å². The average Bonchev–Trinajstić information content (AvgIpc) is 2.68. The minimum absolute atomic E-state index is 0.313. The highest BCUT2D eigenvalue weighted by Gasteiger charge is 2.29. The molecule has 3 aromatic rings. The summed E-state index contributed by atoms with van der Waals surface area (Å²) in [6.45, 7) is 3.12. The van der Waals surface area contributed by atoms with Gasteiger partial charge in [0.1, 0.15) is 17.3 Å². The van der Waals surface area contributed by atoms with Gasteiger partial charge >= 0.3 is 0 Å². The lowest BCUT2D eigenvalue weighted by molar-refractivity contribution is 0.0447. The summed E-state index contributed by atoms with van der Waals surface area (Å²) in [5.74, 6) is 0.362. The van der Waals surface area contributed by atoms with Crippen LogP contribution in [0.5, 0.6) is 0 Å². The normalized spacial score (nSPS) is 19.6. The topological polar surface area (TPSA) is 62.1 Å². The molecular formula is C21H20ClFN4O. The van der Waals surface area contributed by atoms with E-state index in [1.807, 2.05) is 11.8 Å². The third-order valence-corrected chi connectivity index (χ3v) is 5.21. The van der Waals surface area contributed by atoms with Crippen LogP contribution in [0.1, 0.15) is 19.8 Å². The molecule has 1 N–H and O–H groups in total. The van der Waals surface area contributed by atoms with Crippen LogP contribution in [-0.4, -0.2) is 38.7 Å². The molecule has 0 radical (unpaired) electrons. The van der Waals surface area contributed by atoms with E-state index in [-0.39, 0.29) is 5.82 Å². The minimum Gasteiger partial charge on any atom is -0.388 e. The first-order chi connectivity index (χ1) is 13.4. The molecule has 1 unspecified atom stereocenters. The van der Waals surface area contributed by atoms with Crippen molar-refractivity contribution in [3.8, 4) is 22.5 Å². The maximum atomic E-state index is 13.4. The predicted octanol–water partition coefficient (Wildman–Crippen LogP) is 4.35. The van der Waals surface area contributed by atoms with Crippen molar-refractivity contribution in [3.63, 3.8) is 0 Å². The van der Waals surface area contributed by atoms with Gasteiger partial charge in [-0.1, -0.05) is 11.6 Å². The Labute approximate surface area is 167 Å². The van der Waals surface area contributed by atoms with E-state index in [1.54, 1.807) is 36.8 Å². The first-order valence-corrected chi connectivity index (χ1v) is 9.51. The monoisotopic (exact) mass is 398 g/mol. The summed E-state index contributed by atoms with van der Waals surface area (Å²) in [6, 6.07) is 7.91. The van der Waals surface area contributed by atoms with E-state index in [9.17, 15) is 9.50 Å². The van der Waals surface area contributed by atoms with E-state index in [0.717, 1.165) is 24.9 Å². The van der Waals surface area contributed by atoms with Crippen molar-refractivity contribution >= 4 is 17.4 Å². The van der Waals surface area contributed by atoms with Crippen molar-refractivity contribution in [3.05, 3.63) is 59.8 Å². The van der Waals surface area contributed by atoms with Crippen LogP contribution in [0.2, 0.25) is 5.02 Å². The summed E-state index contributed by atoms with van der Waals surface area (Å²) in [5, 5.41) is 10.9. The van der Waals surface area contributed by atoms with E-state index in [1.165, 1.54) is 12.1 Å². The summed E-state index contributed by atoms with van der Waals surface area (Å²) in [4.78, 5) is 15.5. The Kier molecular flexibility index (Phi) is 5.00. The standard InChI is InChI=1S/C21H20ClFN4O/c1-21(28)8-2-10-27(13-21)18-12-25-19(14-3-5-15(23)6-4-14)20(26-18)16-7-9-24-11-17(16)22/h3-7,9,11-12,28H,2,8,10,13H2,1H3. The van der Waals surface area contributed by atoms with Crippen LogP contribution < -0.4 is 4.90 Å². The number of aromatic nitrogens is 3. The number of rotatable bonds is 3. The molecule has 0 aliphatic carbocycles. The Bertz CT molecular complexity index is 994. The third kappa shape index (κ3) is 3.84. The fraction of sp³-hybridized carbons (Fsp3) is 0.286. The van der Waals surface area contributed by atoms with Gasteiger partial charge in [0.05, 0.1) is 22.5 Å². The van der Waals surface area contributed by atoms with Gasteiger partial charge in [0.15, 0.2) is 0 Å². The summed E-state index contributed by atoms with van der Waals surface area (Å²) < 4.78 is 13.4. The van der Waals surface area contributed by atoms with Crippen molar-refractivity contribution in [2.45, 2.75) is 25.4 Å². The summed E-state index contributed by atoms with van der Waals surface area (Å²) in [6.07, 6.45) is 6.53. The van der Waals surface area contributed by atoms with Gasteiger partial charge in [0.25, 0.3) is 0 Å². The Morgan fingerprint density at radius 1 is 1.14 bits per heavy atom. The Morgan fingerprint density at radius 2 is 1.93 bits per heavy atom. The molecule has 0 bridgehead atoms. The number of hydrogen-bond acceptors (Lipinski definition) is 5. The minimum atomic E-state index is -0.760. The van der Waals surface area contributed by atoms with Gasteiger partial charge in [-0.25, -0.2) is 9.37 Å². The van der Waals surface area contributed by atoms with E-state index in [4.69, 9.17) is 16.6 Å². The lowest BCUT2D eigenvalue weighted by atomic mass is 9.95. The number of benzene rings is 1. The van der Waals surface area contributed by atoms with Gasteiger partial charge in [-0.2, -0.15) is 0 Å². The fourth-order valence-corrected chi connectivity index (χ4v) is 3.73. The van der Waals surface area contributed by atoms with Crippen LogP contribution in [0, 0.1) is 5.82 Å². The maximum Gasteiger partial charge on any atom is 0.147 e. The predicted molar refractivity (Wildman–Crippen MR) is 108 cm³/mol. The number of piperidine rings is 1. The van der Waals surface area contributed by atoms with Crippen LogP contribution in [0.15, 0.2) is 48.9 Å². The molecule has 7 heteroatoms. The molecule has 1 atom stereocenters. The molecule has 0 amide bonds. The van der Waals surface area contributed by atoms with E-state index >= 15 is 0 Å². The molecule has 3 heterocycles. The van der Waals surface area contributed by atoms with E-state index in [2.05, 4.69) is 9.97 Å². The smallest absolute Gasteiger partial charge is 0.147 e. The first kappa shape index (κ1) is 18.8. The fourth-order valence-electron chi connectivity index (χ4n) is 3.52. The van der Waals surface area contributed by atoms with Gasteiger partial charge in [-0.15, -0.1) is 0 Å². The van der Waals surface area contributed by atoms with Gasteiger partial charge in [0, 0.05) is 36.6 Å². The molecule has 1 saturated heterocycles. The lowest BCUT2D eigenvalue weighted by Gasteiger charge is -2.37. The van der Waals surface area contributed by atoms with Crippen molar-refractivity contribution < 1.29 is 9.50 Å². The van der Waals surface area contributed by atoms with E-state index < -0.39 is 5.60 Å². The number of halogens is 2. The Morgan fingerprint density at radius 3 is 2.64 bits per heavy atom. The molecule has 28 heavy (non-hydrogen) atoms. The Balaban J connectivity index is 1.83. The van der Waals surface area contributed by atoms with Crippen molar-refractivity contribution in [2.24, 2.45) is 0 Å². The van der Waals surface area contributed by atoms with Crippen molar-refractivity contribution in [2.75, 3.05) is 18.0 Å². The number of aliphatic hydroxyl groups is 1. The van der Waals surface area contributed by atoms with Crippen LogP contribution >= 0.6 is 11.6 Å². The first-order valence-electron chi connectivity index (χ1n) is 9.13. The van der Waals surface area contributed by atoms with Gasteiger partial charge in [-0.05, 0) is 50.1 Å². The number of β-amino-alcohol motifs (C(OH)–C–C–N with tert-alkyl or cyclic N) is 1. The largest absolute Gasteiger partial charge is 0.388 e. The molecular weight excluding hydrogens is 379 g/mol. The zero-order valence-corrected chi connectivity index (χ0v) is 16.2. The summed E-state index contributed by atoms with van der Waals surface area (Å²) in [5.41, 5.74) is 1.90. The molecule has 0 spiro atoms. The highest BCUT2D eigenvalue weighted by Crippen LogP contribution is 2.35. The van der Waals surface area contributed by atoms with Gasteiger partial charge in [0.2, 0.25) is 0 Å². The molecule has 1 aliphatic rings. The highest BCUT2D eigenvalue weighted by molar-refractivity contribution is 6.33. The zero-order chi connectivity index (χ0) is 19.7. The van der Waals surface area contributed by atoms with E-state index in [0.29, 0.717) is 34.3 Å². The highest BCUT2D eigenvalue weighted by atomic mass is 35.5. The number of pyridine rings is 1. The Hall–Kier alpha value is -2.57. The molecule has 1 fully saturated rings. The molecule has 5 nitrogen and oxygen atoms in total. The van der Waals surface area contributed by atoms with Crippen LogP contribution in [-0.2, 0) is 0 Å². The van der Waals surface area contributed by atoms with Crippen LogP contribution in [0.25, 0.3) is 22.5 Å². The van der Waals surface area contributed by atoms with Crippen LogP contribution in [0.3, 0.4) is 0 Å². The van der Waals surface area contributed by atoms with Crippen LogP contribution in [0.4, 0.5) is 10.2 Å². The second-order valence-corrected chi connectivity index (χ2v) is 7.72. The zero-order valence-electron chi connectivity index (χ0n) is 15.4. The van der Waals surface area contributed by atoms with Crippen molar-refractivity contribution in [1.29, 1.82) is 0 Å². The maximum absolute atomic E-state index is 13.4. The number of hydrogen-bond donors (Lipinski definition) is 1. The molecule has 0 saturated carbocycles. The quantitative estimate of drug-likeness (QED) is 0.710. The SMILES string of the molecule is CC1(O)CCCN(c2cnc(-c3ccc(F)cc3)c(-c3ccncc3Cl)n2)C1. The summed E-state index contributed by atoms with van der Waals surface area (Å²) >= 11 is 6.38. The number of anilines is 1. The molecule has 4 rings (SSSR count). The molecule has 144 valence electrons. The average molecular weight is 399 g/mol. The second kappa shape index (κ2) is 7.45. The third-order valence-electron chi connectivity index (χ3n) is 4.90. The number of nitrogens with zero attached hydrogens (tertiary/aromatic N) is 4. The second-order valence-electron chi connectivity index (χ2n) is 7.31. The van der Waals surface area contributed by atoms with Gasteiger partial charge < -0.3 is 10.0 Å². The molecule has 1 aliphatic heterocycles.